The van der Waals surface area contributed by atoms with Gasteiger partial charge in [-0.05, 0) is 61.4 Å². The number of carboxylic acids is 1. The summed E-state index contributed by atoms with van der Waals surface area (Å²) < 4.78 is 6.14. The van der Waals surface area contributed by atoms with Crippen molar-refractivity contribution in [1.29, 1.82) is 0 Å². The molecule has 0 radical (unpaired) electrons. The molecule has 2 fully saturated rings. The van der Waals surface area contributed by atoms with Crippen molar-refractivity contribution in [3.63, 3.8) is 0 Å². The Morgan fingerprint density at radius 3 is 2.37 bits per heavy atom. The quantitative estimate of drug-likeness (QED) is 0.501. The van der Waals surface area contributed by atoms with Crippen LogP contribution in [-0.2, 0) is 11.2 Å². The van der Waals surface area contributed by atoms with E-state index in [2.05, 4.69) is 16.2 Å². The standard InChI is InChI=1S/C23H27N3O4/c27-22(28)16-9-6-15(7-10-16)8-11-18-19(21-13-12-20(18)30-21)14-24-26-23(29)25-17-4-2-1-3-5-17/h1-7,9-10,18-21,24H,8,11-14H2,(H,27,28)(H2,25,26,29)/t18-,19-,20-,21+/m1/s1. The fraction of sp³-hybridized carbons (Fsp3) is 0.391. The molecule has 2 aromatic carbocycles. The molecule has 2 aromatic rings. The van der Waals surface area contributed by atoms with Gasteiger partial charge in [-0.25, -0.2) is 15.0 Å². The lowest BCUT2D eigenvalue weighted by molar-refractivity contribution is 0.0696. The fourth-order valence-electron chi connectivity index (χ4n) is 4.63. The molecule has 30 heavy (non-hydrogen) atoms. The van der Waals surface area contributed by atoms with Gasteiger partial charge in [0.15, 0.2) is 0 Å². The van der Waals surface area contributed by atoms with Crippen molar-refractivity contribution in [3.8, 4) is 0 Å². The van der Waals surface area contributed by atoms with E-state index in [1.807, 2.05) is 42.5 Å². The molecule has 2 aliphatic heterocycles. The molecular weight excluding hydrogens is 382 g/mol. The molecule has 0 spiro atoms. The molecular formula is C23H27N3O4. The number of para-hydroxylation sites is 1. The van der Waals surface area contributed by atoms with Crippen LogP contribution < -0.4 is 16.2 Å². The van der Waals surface area contributed by atoms with Gasteiger partial charge in [-0.15, -0.1) is 0 Å². The van der Waals surface area contributed by atoms with E-state index in [1.54, 1.807) is 12.1 Å². The number of hydrogen-bond donors (Lipinski definition) is 4. The number of urea groups is 1. The second kappa shape index (κ2) is 9.28. The van der Waals surface area contributed by atoms with Gasteiger partial charge in [0.2, 0.25) is 0 Å². The second-order valence-corrected chi connectivity index (χ2v) is 7.98. The van der Waals surface area contributed by atoms with Crippen molar-refractivity contribution in [2.24, 2.45) is 11.8 Å². The number of fused-ring (bicyclic) bond motifs is 2. The maximum Gasteiger partial charge on any atom is 0.335 e. The summed E-state index contributed by atoms with van der Waals surface area (Å²) in [6, 6.07) is 16.1. The minimum absolute atomic E-state index is 0.237. The number of carbonyl (C=O) groups is 2. The maximum atomic E-state index is 12.1. The van der Waals surface area contributed by atoms with E-state index in [9.17, 15) is 9.59 Å². The van der Waals surface area contributed by atoms with E-state index in [-0.39, 0.29) is 18.2 Å². The Morgan fingerprint density at radius 1 is 0.967 bits per heavy atom. The molecule has 2 saturated heterocycles. The summed E-state index contributed by atoms with van der Waals surface area (Å²) in [6.07, 6.45) is 4.54. The molecule has 7 heteroatoms. The number of amides is 2. The van der Waals surface area contributed by atoms with Crippen molar-refractivity contribution in [3.05, 3.63) is 65.7 Å². The number of aromatic carboxylic acids is 1. The molecule has 4 rings (SSSR count). The van der Waals surface area contributed by atoms with Gasteiger partial charge in [0.05, 0.1) is 17.8 Å². The van der Waals surface area contributed by atoms with Gasteiger partial charge in [0, 0.05) is 18.2 Å². The van der Waals surface area contributed by atoms with Crippen molar-refractivity contribution >= 4 is 17.7 Å². The Kier molecular flexibility index (Phi) is 6.30. The van der Waals surface area contributed by atoms with Crippen molar-refractivity contribution in [2.75, 3.05) is 11.9 Å². The Balaban J connectivity index is 1.27. The van der Waals surface area contributed by atoms with Gasteiger partial charge < -0.3 is 15.2 Å². The highest BCUT2D eigenvalue weighted by Gasteiger charge is 2.48. The Hall–Kier alpha value is -2.90. The van der Waals surface area contributed by atoms with E-state index in [1.165, 1.54) is 0 Å². The summed E-state index contributed by atoms with van der Waals surface area (Å²) in [6.45, 7) is 0.659. The highest BCUT2D eigenvalue weighted by atomic mass is 16.5. The summed E-state index contributed by atoms with van der Waals surface area (Å²) in [5.41, 5.74) is 7.98. The Morgan fingerprint density at radius 2 is 1.67 bits per heavy atom. The zero-order valence-corrected chi connectivity index (χ0v) is 16.7. The number of hydrazine groups is 1. The van der Waals surface area contributed by atoms with Gasteiger partial charge >= 0.3 is 12.0 Å². The molecule has 0 aliphatic carbocycles. The number of carbonyl (C=O) groups excluding carboxylic acids is 1. The van der Waals surface area contributed by atoms with Crippen LogP contribution in [0, 0.1) is 11.8 Å². The topological polar surface area (TPSA) is 99.7 Å². The first-order valence-corrected chi connectivity index (χ1v) is 10.4. The smallest absolute Gasteiger partial charge is 0.335 e. The second-order valence-electron chi connectivity index (χ2n) is 7.98. The zero-order valence-electron chi connectivity index (χ0n) is 16.7. The number of benzene rings is 2. The van der Waals surface area contributed by atoms with Crippen LogP contribution in [0.4, 0.5) is 10.5 Å². The van der Waals surface area contributed by atoms with Crippen LogP contribution in [0.3, 0.4) is 0 Å². The summed E-state index contributed by atoms with van der Waals surface area (Å²) in [5, 5.41) is 11.8. The molecule has 0 unspecified atom stereocenters. The zero-order chi connectivity index (χ0) is 20.9. The molecule has 2 heterocycles. The van der Waals surface area contributed by atoms with E-state index in [4.69, 9.17) is 9.84 Å². The third kappa shape index (κ3) is 4.80. The number of anilines is 1. The summed E-state index contributed by atoms with van der Waals surface area (Å²) >= 11 is 0. The average Bonchev–Trinajstić information content (AvgIpc) is 3.35. The van der Waals surface area contributed by atoms with E-state index >= 15 is 0 Å². The molecule has 2 amide bonds. The average molecular weight is 409 g/mol. The Labute approximate surface area is 175 Å². The first kappa shape index (κ1) is 20.4. The lowest BCUT2D eigenvalue weighted by atomic mass is 9.76. The van der Waals surface area contributed by atoms with Crippen LogP contribution in [0.5, 0.6) is 0 Å². The van der Waals surface area contributed by atoms with E-state index < -0.39 is 5.97 Å². The number of rotatable bonds is 8. The molecule has 4 N–H and O–H groups in total. The van der Waals surface area contributed by atoms with Crippen molar-refractivity contribution in [1.82, 2.24) is 10.9 Å². The number of hydrogen-bond acceptors (Lipinski definition) is 4. The monoisotopic (exact) mass is 409 g/mol. The highest BCUT2D eigenvalue weighted by molar-refractivity contribution is 5.88. The molecule has 2 bridgehead atoms. The predicted molar refractivity (Wildman–Crippen MR) is 113 cm³/mol. The van der Waals surface area contributed by atoms with Crippen LogP contribution >= 0.6 is 0 Å². The predicted octanol–water partition coefficient (Wildman–Crippen LogP) is 3.44. The Bertz CT molecular complexity index is 872. The van der Waals surface area contributed by atoms with E-state index in [0.29, 0.717) is 23.9 Å². The minimum atomic E-state index is -0.905. The third-order valence-electron chi connectivity index (χ3n) is 6.13. The first-order chi connectivity index (χ1) is 14.6. The van der Waals surface area contributed by atoms with Crippen LogP contribution in [0.25, 0.3) is 0 Å². The van der Waals surface area contributed by atoms with Gasteiger partial charge in [-0.1, -0.05) is 30.3 Å². The molecule has 7 nitrogen and oxygen atoms in total. The number of nitrogens with one attached hydrogen (secondary N) is 3. The minimum Gasteiger partial charge on any atom is -0.478 e. The van der Waals surface area contributed by atoms with Gasteiger partial charge in [0.1, 0.15) is 0 Å². The van der Waals surface area contributed by atoms with E-state index in [0.717, 1.165) is 36.9 Å². The largest absolute Gasteiger partial charge is 0.478 e. The number of ether oxygens (including phenoxy) is 1. The molecule has 4 atom stereocenters. The van der Waals surface area contributed by atoms with Crippen molar-refractivity contribution < 1.29 is 19.4 Å². The third-order valence-corrected chi connectivity index (χ3v) is 6.13. The molecule has 0 aromatic heterocycles. The normalized spacial score (nSPS) is 24.5. The number of carboxylic acid groups (broad SMARTS) is 1. The fourth-order valence-corrected chi connectivity index (χ4v) is 4.63. The lowest BCUT2D eigenvalue weighted by Gasteiger charge is -2.28. The molecule has 158 valence electrons. The number of aryl methyl sites for hydroxylation is 1. The summed E-state index contributed by atoms with van der Waals surface area (Å²) in [7, 11) is 0. The van der Waals surface area contributed by atoms with Crippen LogP contribution in [-0.4, -0.2) is 35.9 Å². The molecule has 0 saturated carbocycles. The van der Waals surface area contributed by atoms with Crippen LogP contribution in [0.2, 0.25) is 0 Å². The maximum absolute atomic E-state index is 12.1. The molecule has 2 aliphatic rings. The SMILES string of the molecule is O=C(NNC[C@@H]1[C@@H](CCc2ccc(C(=O)O)cc2)[C@H]2CC[C@@H]1O2)Nc1ccccc1. The van der Waals surface area contributed by atoms with Crippen LogP contribution in [0.15, 0.2) is 54.6 Å². The summed E-state index contributed by atoms with van der Waals surface area (Å²) in [4.78, 5) is 23.1. The summed E-state index contributed by atoms with van der Waals surface area (Å²) in [5.74, 6) is -0.133. The first-order valence-electron chi connectivity index (χ1n) is 10.4. The highest BCUT2D eigenvalue weighted by Crippen LogP contribution is 2.45. The lowest BCUT2D eigenvalue weighted by Crippen LogP contribution is -2.45. The van der Waals surface area contributed by atoms with Gasteiger partial charge in [-0.3, -0.25) is 5.43 Å². The van der Waals surface area contributed by atoms with Crippen LogP contribution in [0.1, 0.15) is 35.2 Å². The van der Waals surface area contributed by atoms with Crippen molar-refractivity contribution in [2.45, 2.75) is 37.9 Å². The van der Waals surface area contributed by atoms with Gasteiger partial charge in [0.25, 0.3) is 0 Å². The van der Waals surface area contributed by atoms with Gasteiger partial charge in [-0.2, -0.15) is 0 Å².